The third-order valence-electron chi connectivity index (χ3n) is 2.62. The Labute approximate surface area is 128 Å². The summed E-state index contributed by atoms with van der Waals surface area (Å²) in [6.45, 7) is 0. The van der Waals surface area contributed by atoms with Gasteiger partial charge in [-0.25, -0.2) is 0 Å². The first-order valence-corrected chi connectivity index (χ1v) is 6.60. The van der Waals surface area contributed by atoms with E-state index in [4.69, 9.17) is 4.55 Å². The number of benzene rings is 2. The fourth-order valence-corrected chi connectivity index (χ4v) is 2.15. The Hall–Kier alpha value is -0.430. The Morgan fingerprint density at radius 3 is 2.33 bits per heavy atom. The van der Waals surface area contributed by atoms with E-state index in [0.717, 1.165) is 10.8 Å². The predicted octanol–water partition coefficient (Wildman–Crippen LogP) is -1.41. The molecule has 2 N–H and O–H groups in total. The summed E-state index contributed by atoms with van der Waals surface area (Å²) in [6.07, 6.45) is -0.125. The summed E-state index contributed by atoms with van der Waals surface area (Å²) in [4.78, 5) is 0. The third kappa shape index (κ3) is 3.54. The summed E-state index contributed by atoms with van der Waals surface area (Å²) in [5.41, 5.74) is -1.10. The normalized spacial score (nSPS) is 13.0. The molecule has 0 fully saturated rings. The van der Waals surface area contributed by atoms with Gasteiger partial charge in [-0.15, -0.1) is 0 Å². The average Bonchev–Trinajstić information content (AvgIpc) is 2.28. The zero-order valence-electron chi connectivity index (χ0n) is 9.95. The van der Waals surface area contributed by atoms with Crippen LogP contribution in [0.25, 0.3) is 10.8 Å². The summed E-state index contributed by atoms with van der Waals surface area (Å²) in [5, 5.41) is 11.2. The molecule has 90 valence electrons. The van der Waals surface area contributed by atoms with Crippen LogP contribution in [0.4, 0.5) is 0 Å². The first-order valence-electron chi connectivity index (χ1n) is 5.09. The van der Waals surface area contributed by atoms with Crippen molar-refractivity contribution in [2.45, 2.75) is 11.9 Å². The maximum Gasteiger partial charge on any atom is 1.00 e. The molecule has 1 atom stereocenters. The van der Waals surface area contributed by atoms with Crippen LogP contribution >= 0.6 is 0 Å². The molecule has 0 amide bonds. The van der Waals surface area contributed by atoms with Gasteiger partial charge in [-0.05, 0) is 16.3 Å². The van der Waals surface area contributed by atoms with Crippen LogP contribution in [0.2, 0.25) is 0 Å². The largest absolute Gasteiger partial charge is 1.00 e. The number of hydrogen-bond donors (Lipinski definition) is 2. The fourth-order valence-electron chi connectivity index (χ4n) is 1.76. The maximum atomic E-state index is 10.8. The molecule has 0 radical (unpaired) electrons. The van der Waals surface area contributed by atoms with Gasteiger partial charge in [0.1, 0.15) is 0 Å². The molecular formula is C12H12NaO4S+. The molecule has 18 heavy (non-hydrogen) atoms. The first-order chi connectivity index (χ1) is 7.98. The van der Waals surface area contributed by atoms with E-state index in [1.807, 2.05) is 30.3 Å². The number of hydrogen-bond acceptors (Lipinski definition) is 3. The minimum Gasteiger partial charge on any atom is -0.375 e. The quantitative estimate of drug-likeness (QED) is 0.533. The van der Waals surface area contributed by atoms with Gasteiger partial charge < -0.3 is 5.11 Å². The van der Waals surface area contributed by atoms with Gasteiger partial charge in [0, 0.05) is 6.42 Å². The van der Waals surface area contributed by atoms with E-state index in [0.29, 0.717) is 5.56 Å². The Balaban J connectivity index is 0.00000162. The van der Waals surface area contributed by atoms with Crippen LogP contribution in [-0.4, -0.2) is 23.5 Å². The third-order valence-corrected chi connectivity index (χ3v) is 3.47. The number of rotatable bonds is 3. The molecular weight excluding hydrogens is 263 g/mol. The minimum absolute atomic E-state index is 0. The van der Waals surface area contributed by atoms with Crippen molar-refractivity contribution in [3.8, 4) is 0 Å². The summed E-state index contributed by atoms with van der Waals surface area (Å²) in [6, 6.07) is 12.9. The van der Waals surface area contributed by atoms with Crippen LogP contribution in [0.1, 0.15) is 5.56 Å². The van der Waals surface area contributed by atoms with Crippen LogP contribution in [0.3, 0.4) is 0 Å². The monoisotopic (exact) mass is 275 g/mol. The van der Waals surface area contributed by atoms with E-state index in [9.17, 15) is 13.5 Å². The molecule has 0 bridgehead atoms. The van der Waals surface area contributed by atoms with Gasteiger partial charge in [0.2, 0.25) is 0 Å². The molecule has 0 aliphatic carbocycles. The molecule has 0 aromatic heterocycles. The van der Waals surface area contributed by atoms with Gasteiger partial charge in [-0.1, -0.05) is 42.5 Å². The van der Waals surface area contributed by atoms with Crippen LogP contribution in [0, 0.1) is 0 Å². The second-order valence-corrected chi connectivity index (χ2v) is 5.39. The van der Waals surface area contributed by atoms with E-state index in [1.165, 1.54) is 0 Å². The summed E-state index contributed by atoms with van der Waals surface area (Å²) < 4.78 is 30.3. The van der Waals surface area contributed by atoms with Crippen molar-refractivity contribution in [1.29, 1.82) is 0 Å². The van der Waals surface area contributed by atoms with E-state index in [1.54, 1.807) is 12.1 Å². The summed E-state index contributed by atoms with van der Waals surface area (Å²) in [7, 11) is -4.41. The van der Waals surface area contributed by atoms with Gasteiger partial charge in [-0.2, -0.15) is 8.42 Å². The molecule has 0 saturated carbocycles. The van der Waals surface area contributed by atoms with Crippen molar-refractivity contribution in [3.05, 3.63) is 48.0 Å². The van der Waals surface area contributed by atoms with Crippen molar-refractivity contribution >= 4 is 20.9 Å². The number of aliphatic hydroxyl groups is 1. The number of fused-ring (bicyclic) bond motifs is 1. The van der Waals surface area contributed by atoms with Gasteiger partial charge >= 0.3 is 29.6 Å². The van der Waals surface area contributed by atoms with Gasteiger partial charge in [0.25, 0.3) is 10.1 Å². The van der Waals surface area contributed by atoms with Crippen molar-refractivity contribution in [2.24, 2.45) is 0 Å². The molecule has 2 aromatic carbocycles. The molecule has 0 heterocycles. The molecule has 2 rings (SSSR count). The van der Waals surface area contributed by atoms with Crippen LogP contribution in [0.5, 0.6) is 0 Å². The van der Waals surface area contributed by atoms with Gasteiger partial charge in [0.05, 0.1) is 0 Å². The second kappa shape index (κ2) is 6.14. The maximum absolute atomic E-state index is 10.8. The molecule has 0 aliphatic heterocycles. The number of aliphatic hydroxyl groups excluding tert-OH is 1. The Morgan fingerprint density at radius 2 is 1.67 bits per heavy atom. The molecule has 6 heteroatoms. The van der Waals surface area contributed by atoms with E-state index >= 15 is 0 Å². The van der Waals surface area contributed by atoms with Gasteiger partial charge in [0.15, 0.2) is 5.44 Å². The van der Waals surface area contributed by atoms with Crippen molar-refractivity contribution in [3.63, 3.8) is 0 Å². The SMILES string of the molecule is O=S(=O)(O)C(O)Cc1cccc2ccccc12.[Na+]. The van der Waals surface area contributed by atoms with Crippen molar-refractivity contribution < 1.29 is 47.6 Å². The van der Waals surface area contributed by atoms with Crippen LogP contribution in [-0.2, 0) is 16.5 Å². The standard InChI is InChI=1S/C12H12O4S.Na/c13-12(17(14,15)16)8-10-6-3-5-9-4-1-2-7-11(9)10;/h1-7,12-13H,8H2,(H,14,15,16);/q;+1. The van der Waals surface area contributed by atoms with E-state index in [-0.39, 0.29) is 36.0 Å². The Morgan fingerprint density at radius 1 is 1.06 bits per heavy atom. The van der Waals surface area contributed by atoms with Crippen molar-refractivity contribution in [1.82, 2.24) is 0 Å². The van der Waals surface area contributed by atoms with Gasteiger partial charge in [-0.3, -0.25) is 4.55 Å². The molecule has 1 unspecified atom stereocenters. The summed E-state index contributed by atoms with van der Waals surface area (Å²) >= 11 is 0. The molecule has 4 nitrogen and oxygen atoms in total. The molecule has 0 spiro atoms. The fraction of sp³-hybridized carbons (Fsp3) is 0.167. The smallest absolute Gasteiger partial charge is 0.375 e. The first kappa shape index (κ1) is 15.6. The Bertz CT molecular complexity index is 634. The Kier molecular flexibility index (Phi) is 5.33. The zero-order chi connectivity index (χ0) is 12.5. The molecule has 0 saturated heterocycles. The minimum atomic E-state index is -4.41. The average molecular weight is 275 g/mol. The predicted molar refractivity (Wildman–Crippen MR) is 65.2 cm³/mol. The molecule has 2 aromatic rings. The van der Waals surface area contributed by atoms with Crippen LogP contribution < -0.4 is 29.6 Å². The zero-order valence-corrected chi connectivity index (χ0v) is 12.8. The second-order valence-electron chi connectivity index (χ2n) is 3.81. The molecule has 0 aliphatic rings. The van der Waals surface area contributed by atoms with E-state index in [2.05, 4.69) is 0 Å². The summed E-state index contributed by atoms with van der Waals surface area (Å²) in [5.74, 6) is 0. The van der Waals surface area contributed by atoms with Crippen LogP contribution in [0.15, 0.2) is 42.5 Å². The topological polar surface area (TPSA) is 74.6 Å². The van der Waals surface area contributed by atoms with E-state index < -0.39 is 15.6 Å². The van der Waals surface area contributed by atoms with Crippen molar-refractivity contribution in [2.75, 3.05) is 0 Å².